The SMILES string of the molecule is COS(=O)(=O)c1cc(C)ccc1Oc1ccc(S(C)(=O)=O)cc1. The first kappa shape index (κ1) is 17.5. The van der Waals surface area contributed by atoms with Gasteiger partial charge in [-0.25, -0.2) is 8.42 Å². The second-order valence-corrected chi connectivity index (χ2v) is 8.61. The van der Waals surface area contributed by atoms with E-state index in [0.717, 1.165) is 18.9 Å². The summed E-state index contributed by atoms with van der Waals surface area (Å²) in [4.78, 5) is 0.0608. The maximum absolute atomic E-state index is 12.0. The third-order valence-electron chi connectivity index (χ3n) is 3.07. The summed E-state index contributed by atoms with van der Waals surface area (Å²) in [6.07, 6.45) is 1.10. The van der Waals surface area contributed by atoms with Crippen LogP contribution in [0.25, 0.3) is 0 Å². The van der Waals surface area contributed by atoms with Crippen LogP contribution in [0.4, 0.5) is 0 Å². The van der Waals surface area contributed by atoms with Crippen LogP contribution in [0.2, 0.25) is 0 Å². The zero-order valence-electron chi connectivity index (χ0n) is 12.8. The van der Waals surface area contributed by atoms with Gasteiger partial charge in [0.15, 0.2) is 9.84 Å². The molecule has 0 aromatic heterocycles. The van der Waals surface area contributed by atoms with Crippen LogP contribution in [0.1, 0.15) is 5.56 Å². The molecule has 0 bridgehead atoms. The van der Waals surface area contributed by atoms with Crippen LogP contribution < -0.4 is 4.74 Å². The van der Waals surface area contributed by atoms with Crippen LogP contribution in [-0.4, -0.2) is 30.2 Å². The van der Waals surface area contributed by atoms with Crippen molar-refractivity contribution in [1.29, 1.82) is 0 Å². The quantitative estimate of drug-likeness (QED) is 0.765. The molecule has 0 N–H and O–H groups in total. The number of ether oxygens (including phenoxy) is 1. The van der Waals surface area contributed by atoms with Crippen molar-refractivity contribution in [2.75, 3.05) is 13.4 Å². The van der Waals surface area contributed by atoms with Crippen molar-refractivity contribution in [3.8, 4) is 11.5 Å². The van der Waals surface area contributed by atoms with Crippen molar-refractivity contribution in [1.82, 2.24) is 0 Å². The first-order chi connectivity index (χ1) is 10.6. The van der Waals surface area contributed by atoms with E-state index in [1.165, 1.54) is 36.4 Å². The average molecular weight is 356 g/mol. The molecule has 2 aromatic carbocycles. The number of rotatable bonds is 5. The molecule has 0 amide bonds. The molecule has 23 heavy (non-hydrogen) atoms. The molecule has 2 aromatic rings. The van der Waals surface area contributed by atoms with E-state index in [9.17, 15) is 16.8 Å². The predicted octanol–water partition coefficient (Wildman–Crippen LogP) is 2.53. The van der Waals surface area contributed by atoms with Crippen LogP contribution in [0.3, 0.4) is 0 Å². The van der Waals surface area contributed by atoms with Crippen LogP contribution in [0, 0.1) is 6.92 Å². The van der Waals surface area contributed by atoms with E-state index in [2.05, 4.69) is 4.18 Å². The maximum Gasteiger partial charge on any atom is 0.300 e. The van der Waals surface area contributed by atoms with Gasteiger partial charge in [-0.2, -0.15) is 8.42 Å². The molecule has 6 nitrogen and oxygen atoms in total. The molecule has 0 heterocycles. The Morgan fingerprint density at radius 1 is 0.913 bits per heavy atom. The van der Waals surface area contributed by atoms with Crippen molar-refractivity contribution >= 4 is 20.0 Å². The Kier molecular flexibility index (Phi) is 4.79. The van der Waals surface area contributed by atoms with Gasteiger partial charge in [0, 0.05) is 6.26 Å². The Labute approximate surface area is 135 Å². The first-order valence-corrected chi connectivity index (χ1v) is 9.83. The highest BCUT2D eigenvalue weighted by molar-refractivity contribution is 7.90. The largest absolute Gasteiger partial charge is 0.456 e. The minimum atomic E-state index is -3.92. The summed E-state index contributed by atoms with van der Waals surface area (Å²) in [6.45, 7) is 1.75. The predicted molar refractivity (Wildman–Crippen MR) is 85.0 cm³/mol. The van der Waals surface area contributed by atoms with Gasteiger partial charge in [0.1, 0.15) is 16.4 Å². The van der Waals surface area contributed by atoms with Crippen molar-refractivity contribution in [3.05, 3.63) is 48.0 Å². The van der Waals surface area contributed by atoms with Gasteiger partial charge >= 0.3 is 0 Å². The van der Waals surface area contributed by atoms with Gasteiger partial charge in [-0.3, -0.25) is 4.18 Å². The van der Waals surface area contributed by atoms with E-state index in [-0.39, 0.29) is 15.5 Å². The van der Waals surface area contributed by atoms with E-state index < -0.39 is 20.0 Å². The number of hydrogen-bond donors (Lipinski definition) is 0. The highest BCUT2D eigenvalue weighted by Gasteiger charge is 2.20. The lowest BCUT2D eigenvalue weighted by atomic mass is 10.2. The maximum atomic E-state index is 12.0. The lowest BCUT2D eigenvalue weighted by Crippen LogP contribution is -2.05. The van der Waals surface area contributed by atoms with E-state index in [0.29, 0.717) is 5.75 Å². The molecule has 0 saturated carbocycles. The summed E-state index contributed by atoms with van der Waals surface area (Å²) < 4.78 is 56.9. The van der Waals surface area contributed by atoms with E-state index in [1.54, 1.807) is 13.0 Å². The van der Waals surface area contributed by atoms with Crippen LogP contribution in [0.5, 0.6) is 11.5 Å². The highest BCUT2D eigenvalue weighted by Crippen LogP contribution is 2.31. The molecule has 0 spiro atoms. The summed E-state index contributed by atoms with van der Waals surface area (Å²) >= 11 is 0. The lowest BCUT2D eigenvalue weighted by molar-refractivity contribution is 0.391. The second kappa shape index (κ2) is 6.31. The second-order valence-electron chi connectivity index (χ2n) is 4.92. The van der Waals surface area contributed by atoms with Gasteiger partial charge in [0.05, 0.1) is 12.0 Å². The summed E-state index contributed by atoms with van der Waals surface area (Å²) in [5, 5.41) is 0. The molecule has 0 atom stereocenters. The number of sulfone groups is 1. The third kappa shape index (κ3) is 4.10. The molecule has 0 fully saturated rings. The summed E-state index contributed by atoms with van der Waals surface area (Å²) in [5.74, 6) is 0.415. The minimum Gasteiger partial charge on any atom is -0.456 e. The van der Waals surface area contributed by atoms with Gasteiger partial charge in [-0.05, 0) is 48.9 Å². The molecule has 124 valence electrons. The lowest BCUT2D eigenvalue weighted by Gasteiger charge is -2.12. The van der Waals surface area contributed by atoms with E-state index in [4.69, 9.17) is 4.74 Å². The van der Waals surface area contributed by atoms with Gasteiger partial charge in [0.2, 0.25) is 0 Å². The monoisotopic (exact) mass is 356 g/mol. The zero-order valence-corrected chi connectivity index (χ0v) is 14.4. The number of aryl methyl sites for hydroxylation is 1. The molecule has 0 saturated heterocycles. The molecular formula is C15H16O6S2. The Balaban J connectivity index is 2.41. The normalized spacial score (nSPS) is 12.1. The fraction of sp³-hybridized carbons (Fsp3) is 0.200. The molecule has 0 aliphatic carbocycles. The van der Waals surface area contributed by atoms with Crippen LogP contribution in [-0.2, 0) is 24.1 Å². The first-order valence-electron chi connectivity index (χ1n) is 6.53. The third-order valence-corrected chi connectivity index (χ3v) is 5.49. The van der Waals surface area contributed by atoms with Crippen molar-refractivity contribution in [3.63, 3.8) is 0 Å². The van der Waals surface area contributed by atoms with Crippen LogP contribution in [0.15, 0.2) is 52.3 Å². The molecule has 8 heteroatoms. The average Bonchev–Trinajstić information content (AvgIpc) is 2.48. The molecule has 0 aliphatic heterocycles. The standard InChI is InChI=1S/C15H16O6S2/c1-11-4-9-14(15(10-11)23(18,19)20-2)21-12-5-7-13(8-6-12)22(3,16)17/h4-10H,1-3H3. The van der Waals surface area contributed by atoms with Crippen molar-refractivity contribution in [2.45, 2.75) is 16.7 Å². The molecule has 2 rings (SSSR count). The summed E-state index contributed by atoms with van der Waals surface area (Å²) in [6, 6.07) is 10.4. The molecule has 0 unspecified atom stereocenters. The fourth-order valence-corrected chi connectivity index (χ4v) is 3.36. The van der Waals surface area contributed by atoms with Crippen LogP contribution >= 0.6 is 0 Å². The molecule has 0 aliphatic rings. The van der Waals surface area contributed by atoms with Gasteiger partial charge in [-0.15, -0.1) is 0 Å². The smallest absolute Gasteiger partial charge is 0.300 e. The Bertz CT molecular complexity index is 913. The topological polar surface area (TPSA) is 86.7 Å². The number of hydrogen-bond acceptors (Lipinski definition) is 6. The Morgan fingerprint density at radius 3 is 2.04 bits per heavy atom. The zero-order chi connectivity index (χ0) is 17.3. The van der Waals surface area contributed by atoms with Crippen molar-refractivity contribution in [2.24, 2.45) is 0 Å². The molecule has 0 radical (unpaired) electrons. The summed E-state index contributed by atoms with van der Waals surface area (Å²) in [7, 11) is -6.16. The van der Waals surface area contributed by atoms with E-state index in [1.807, 2.05) is 0 Å². The van der Waals surface area contributed by atoms with E-state index >= 15 is 0 Å². The number of benzene rings is 2. The minimum absolute atomic E-state index is 0.0906. The fourth-order valence-electron chi connectivity index (χ4n) is 1.87. The Hall–Kier alpha value is -1.90. The molecular weight excluding hydrogens is 340 g/mol. The van der Waals surface area contributed by atoms with Gasteiger partial charge in [-0.1, -0.05) is 6.07 Å². The Morgan fingerprint density at radius 2 is 1.52 bits per heavy atom. The van der Waals surface area contributed by atoms with Gasteiger partial charge in [0.25, 0.3) is 10.1 Å². The summed E-state index contributed by atoms with van der Waals surface area (Å²) in [5.41, 5.74) is 0.736. The van der Waals surface area contributed by atoms with Crippen molar-refractivity contribution < 1.29 is 25.8 Å². The highest BCUT2D eigenvalue weighted by atomic mass is 32.2. The van der Waals surface area contributed by atoms with Gasteiger partial charge < -0.3 is 4.74 Å².